The van der Waals surface area contributed by atoms with Gasteiger partial charge in [-0.1, -0.05) is 26.0 Å². The molecule has 1 aliphatic rings. The van der Waals surface area contributed by atoms with Crippen LogP contribution in [0.25, 0.3) is 0 Å². The molecule has 0 saturated carbocycles. The third-order valence-corrected chi connectivity index (χ3v) is 4.07. The number of nitrogens with zero attached hydrogens (tertiary/aromatic N) is 1. The van der Waals surface area contributed by atoms with E-state index in [0.29, 0.717) is 11.7 Å². The molecule has 1 aliphatic heterocycles. The summed E-state index contributed by atoms with van der Waals surface area (Å²) >= 11 is 0. The van der Waals surface area contributed by atoms with Gasteiger partial charge in [0.15, 0.2) is 6.61 Å². The lowest BCUT2D eigenvalue weighted by Gasteiger charge is -2.34. The van der Waals surface area contributed by atoms with Crippen LogP contribution in [0.15, 0.2) is 24.3 Å². The molecular weight excluding hydrogens is 266 g/mol. The number of carbonyl (C=O) groups excluding carboxylic acids is 1. The van der Waals surface area contributed by atoms with E-state index >= 15 is 0 Å². The molecule has 1 saturated heterocycles. The van der Waals surface area contributed by atoms with E-state index in [2.05, 4.69) is 13.8 Å². The summed E-state index contributed by atoms with van der Waals surface area (Å²) in [5.41, 5.74) is 1.25. The Kier molecular flexibility index (Phi) is 5.62. The van der Waals surface area contributed by atoms with E-state index < -0.39 is 0 Å². The number of piperidine rings is 1. The Hall–Kier alpha value is -1.55. The molecule has 2 rings (SSSR count). The summed E-state index contributed by atoms with van der Waals surface area (Å²) in [6.07, 6.45) is 2.96. The molecule has 1 N–H and O–H groups in total. The highest BCUT2D eigenvalue weighted by Crippen LogP contribution is 2.20. The molecule has 1 unspecified atom stereocenters. The monoisotopic (exact) mass is 291 g/mol. The van der Waals surface area contributed by atoms with Crippen LogP contribution in [0.1, 0.15) is 44.6 Å². The number of carbonyl (C=O) groups is 1. The van der Waals surface area contributed by atoms with E-state index in [0.717, 1.165) is 25.8 Å². The molecule has 1 amide bonds. The largest absolute Gasteiger partial charge is 0.484 e. The second-order valence-electron chi connectivity index (χ2n) is 5.93. The standard InChI is InChI=1S/C17H25NO3/c1-13(2)14-6-8-16(9-7-14)21-12-17(20)18-10-4-3-5-15(18)11-19/h6-9,13,15,19H,3-5,10-12H2,1-2H3. The Bertz CT molecular complexity index is 456. The zero-order chi connectivity index (χ0) is 15.2. The zero-order valence-electron chi connectivity index (χ0n) is 12.9. The minimum absolute atomic E-state index is 0.0365. The van der Waals surface area contributed by atoms with Crippen LogP contribution in [0.5, 0.6) is 5.75 Å². The van der Waals surface area contributed by atoms with Crippen LogP contribution in [-0.2, 0) is 4.79 Å². The first-order chi connectivity index (χ1) is 10.1. The molecule has 0 aliphatic carbocycles. The highest BCUT2D eigenvalue weighted by atomic mass is 16.5. The minimum Gasteiger partial charge on any atom is -0.484 e. The van der Waals surface area contributed by atoms with Gasteiger partial charge in [0, 0.05) is 6.54 Å². The minimum atomic E-state index is -0.0434. The lowest BCUT2D eigenvalue weighted by Crippen LogP contribution is -2.47. The van der Waals surface area contributed by atoms with Gasteiger partial charge in [-0.3, -0.25) is 4.79 Å². The topological polar surface area (TPSA) is 49.8 Å². The normalized spacial score (nSPS) is 18.9. The predicted octanol–water partition coefficient (Wildman–Crippen LogP) is 2.56. The van der Waals surface area contributed by atoms with E-state index in [1.807, 2.05) is 24.3 Å². The van der Waals surface area contributed by atoms with Crippen molar-refractivity contribution in [3.05, 3.63) is 29.8 Å². The van der Waals surface area contributed by atoms with E-state index in [4.69, 9.17) is 4.74 Å². The average molecular weight is 291 g/mol. The van der Waals surface area contributed by atoms with E-state index in [1.165, 1.54) is 5.56 Å². The number of hydrogen-bond acceptors (Lipinski definition) is 3. The van der Waals surface area contributed by atoms with Crippen molar-refractivity contribution in [2.24, 2.45) is 0 Å². The number of amides is 1. The fourth-order valence-corrected chi connectivity index (χ4v) is 2.70. The number of hydrogen-bond donors (Lipinski definition) is 1. The first-order valence-electron chi connectivity index (χ1n) is 7.75. The van der Waals surface area contributed by atoms with E-state index in [-0.39, 0.29) is 25.2 Å². The van der Waals surface area contributed by atoms with Gasteiger partial charge in [-0.15, -0.1) is 0 Å². The third-order valence-electron chi connectivity index (χ3n) is 4.07. The van der Waals surface area contributed by atoms with Gasteiger partial charge in [0.2, 0.25) is 0 Å². The zero-order valence-corrected chi connectivity index (χ0v) is 12.9. The maximum absolute atomic E-state index is 12.2. The van der Waals surface area contributed by atoms with Gasteiger partial charge in [0.25, 0.3) is 5.91 Å². The van der Waals surface area contributed by atoms with Crippen LogP contribution in [0.4, 0.5) is 0 Å². The summed E-state index contributed by atoms with van der Waals surface area (Å²) in [6, 6.07) is 7.83. The number of rotatable bonds is 5. The molecule has 0 bridgehead atoms. The predicted molar refractivity (Wildman–Crippen MR) is 82.5 cm³/mol. The highest BCUT2D eigenvalue weighted by molar-refractivity contribution is 5.78. The van der Waals surface area contributed by atoms with Crippen molar-refractivity contribution in [1.29, 1.82) is 0 Å². The first-order valence-corrected chi connectivity index (χ1v) is 7.75. The van der Waals surface area contributed by atoms with Crippen molar-refractivity contribution in [2.45, 2.75) is 45.1 Å². The lowest BCUT2D eigenvalue weighted by atomic mass is 10.0. The molecule has 1 atom stereocenters. The second-order valence-corrected chi connectivity index (χ2v) is 5.93. The molecule has 0 aromatic heterocycles. The molecule has 21 heavy (non-hydrogen) atoms. The third kappa shape index (κ3) is 4.21. The van der Waals surface area contributed by atoms with Crippen molar-refractivity contribution in [2.75, 3.05) is 19.8 Å². The highest BCUT2D eigenvalue weighted by Gasteiger charge is 2.26. The molecule has 4 heteroatoms. The molecule has 1 fully saturated rings. The molecule has 4 nitrogen and oxygen atoms in total. The molecule has 1 aromatic rings. The maximum Gasteiger partial charge on any atom is 0.260 e. The van der Waals surface area contributed by atoms with Gasteiger partial charge in [0.1, 0.15) is 5.75 Å². The summed E-state index contributed by atoms with van der Waals surface area (Å²) < 4.78 is 5.58. The van der Waals surface area contributed by atoms with Gasteiger partial charge < -0.3 is 14.7 Å². The number of aliphatic hydroxyl groups is 1. The molecule has 1 aromatic carbocycles. The molecule has 0 spiro atoms. The maximum atomic E-state index is 12.2. The van der Waals surface area contributed by atoms with Crippen LogP contribution in [0.3, 0.4) is 0 Å². The lowest BCUT2D eigenvalue weighted by molar-refractivity contribution is -0.138. The van der Waals surface area contributed by atoms with Crippen molar-refractivity contribution >= 4 is 5.91 Å². The average Bonchev–Trinajstić information content (AvgIpc) is 2.52. The van der Waals surface area contributed by atoms with Crippen molar-refractivity contribution < 1.29 is 14.6 Å². The Morgan fingerprint density at radius 1 is 1.33 bits per heavy atom. The van der Waals surface area contributed by atoms with Crippen molar-refractivity contribution in [3.8, 4) is 5.75 Å². The van der Waals surface area contributed by atoms with E-state index in [9.17, 15) is 9.90 Å². The first kappa shape index (κ1) is 15.8. The summed E-state index contributed by atoms with van der Waals surface area (Å²) in [6.45, 7) is 5.08. The summed E-state index contributed by atoms with van der Waals surface area (Å²) in [4.78, 5) is 14.0. The van der Waals surface area contributed by atoms with Crippen LogP contribution < -0.4 is 4.74 Å². The fourth-order valence-electron chi connectivity index (χ4n) is 2.70. The second kappa shape index (κ2) is 7.46. The summed E-state index contributed by atoms with van der Waals surface area (Å²) in [7, 11) is 0. The number of ether oxygens (including phenoxy) is 1. The molecule has 0 radical (unpaired) electrons. The van der Waals surface area contributed by atoms with Gasteiger partial charge >= 0.3 is 0 Å². The van der Waals surface area contributed by atoms with E-state index in [1.54, 1.807) is 4.90 Å². The van der Waals surface area contributed by atoms with Crippen LogP contribution in [-0.4, -0.2) is 41.7 Å². The molecule has 116 valence electrons. The Labute approximate surface area is 126 Å². The van der Waals surface area contributed by atoms with Gasteiger partial charge in [-0.05, 0) is 42.9 Å². The van der Waals surface area contributed by atoms with Gasteiger partial charge in [0.05, 0.1) is 12.6 Å². The SMILES string of the molecule is CC(C)c1ccc(OCC(=O)N2CCCCC2CO)cc1. The van der Waals surface area contributed by atoms with Crippen LogP contribution in [0.2, 0.25) is 0 Å². The number of likely N-dealkylation sites (tertiary alicyclic amines) is 1. The summed E-state index contributed by atoms with van der Waals surface area (Å²) in [5.74, 6) is 1.16. The molecular formula is C17H25NO3. The Morgan fingerprint density at radius 2 is 2.05 bits per heavy atom. The van der Waals surface area contributed by atoms with Gasteiger partial charge in [-0.2, -0.15) is 0 Å². The number of aliphatic hydroxyl groups excluding tert-OH is 1. The fraction of sp³-hybridized carbons (Fsp3) is 0.588. The van der Waals surface area contributed by atoms with Crippen molar-refractivity contribution in [3.63, 3.8) is 0 Å². The Balaban J connectivity index is 1.88. The van der Waals surface area contributed by atoms with Gasteiger partial charge in [-0.25, -0.2) is 0 Å². The quantitative estimate of drug-likeness (QED) is 0.907. The Morgan fingerprint density at radius 3 is 2.67 bits per heavy atom. The number of benzene rings is 1. The smallest absolute Gasteiger partial charge is 0.260 e. The van der Waals surface area contributed by atoms with Crippen LogP contribution in [0, 0.1) is 0 Å². The van der Waals surface area contributed by atoms with Crippen molar-refractivity contribution in [1.82, 2.24) is 4.90 Å². The molecule has 1 heterocycles. The summed E-state index contributed by atoms with van der Waals surface area (Å²) in [5, 5.41) is 9.34. The van der Waals surface area contributed by atoms with Crippen LogP contribution >= 0.6 is 0 Å².